The van der Waals surface area contributed by atoms with Crippen LogP contribution in [-0.2, 0) is 20.0 Å². The van der Waals surface area contributed by atoms with Crippen molar-refractivity contribution in [3.8, 4) is 0 Å². The molecule has 0 aromatic heterocycles. The minimum Gasteiger partial charge on any atom is -0.218 e. The van der Waals surface area contributed by atoms with Gasteiger partial charge in [0.05, 0.1) is 10.6 Å². The summed E-state index contributed by atoms with van der Waals surface area (Å²) in [6, 6.07) is 4.32. The lowest BCUT2D eigenvalue weighted by Crippen LogP contribution is -2.33. The number of nitrogens with one attached hydrogen (secondary N) is 2. The molecule has 19 heavy (non-hydrogen) atoms. The Bertz CT molecular complexity index is 656. The molecule has 2 N–H and O–H groups in total. The van der Waals surface area contributed by atoms with Gasteiger partial charge < -0.3 is 0 Å². The molecule has 0 aliphatic carbocycles. The quantitative estimate of drug-likeness (QED) is 0.795. The van der Waals surface area contributed by atoms with Crippen molar-refractivity contribution in [3.05, 3.63) is 28.8 Å². The van der Waals surface area contributed by atoms with Gasteiger partial charge in [-0.2, -0.15) is 0 Å². The van der Waals surface area contributed by atoms with E-state index >= 15 is 0 Å². The molecule has 1 aromatic carbocycles. The van der Waals surface area contributed by atoms with Gasteiger partial charge in [0.1, 0.15) is 0 Å². The summed E-state index contributed by atoms with van der Waals surface area (Å²) in [5.41, 5.74) is 0.762. The van der Waals surface area contributed by atoms with Crippen molar-refractivity contribution in [2.45, 2.75) is 11.8 Å². The van der Waals surface area contributed by atoms with E-state index in [9.17, 15) is 16.8 Å². The first-order valence-electron chi connectivity index (χ1n) is 5.35. The number of halogens is 1. The van der Waals surface area contributed by atoms with Crippen LogP contribution in [0.3, 0.4) is 0 Å². The number of benzene rings is 1. The third-order valence-corrected chi connectivity index (χ3v) is 5.66. The lowest BCUT2D eigenvalue weighted by atomic mass is 10.2. The van der Waals surface area contributed by atoms with Gasteiger partial charge in [-0.15, -0.1) is 0 Å². The lowest BCUT2D eigenvalue weighted by molar-refractivity contribution is 0.578. The molecule has 0 bridgehead atoms. The predicted octanol–water partition coefficient (Wildman–Crippen LogP) is 0.476. The van der Waals surface area contributed by atoms with E-state index in [-0.39, 0.29) is 17.2 Å². The Morgan fingerprint density at radius 3 is 2.37 bits per heavy atom. The maximum absolute atomic E-state index is 11.9. The van der Waals surface area contributed by atoms with Gasteiger partial charge in [-0.1, -0.05) is 17.7 Å². The van der Waals surface area contributed by atoms with E-state index < -0.39 is 20.0 Å². The molecule has 6 nitrogen and oxygen atoms in total. The average Bonchev–Trinajstić information content (AvgIpc) is 2.32. The smallest absolute Gasteiger partial charge is 0.218 e. The van der Waals surface area contributed by atoms with Gasteiger partial charge >= 0.3 is 0 Å². The number of hydrogen-bond donors (Lipinski definition) is 2. The minimum atomic E-state index is -3.76. The summed E-state index contributed by atoms with van der Waals surface area (Å²) < 4.78 is 50.4. The van der Waals surface area contributed by atoms with Gasteiger partial charge in [-0.25, -0.2) is 26.3 Å². The average molecular weight is 327 g/mol. The lowest BCUT2D eigenvalue weighted by Gasteiger charge is -2.08. The molecule has 0 amide bonds. The molecule has 9 heteroatoms. The summed E-state index contributed by atoms with van der Waals surface area (Å²) in [6.07, 6.45) is 0. The second kappa shape index (κ2) is 6.19. The van der Waals surface area contributed by atoms with Crippen LogP contribution in [0.1, 0.15) is 5.56 Å². The van der Waals surface area contributed by atoms with Crippen LogP contribution < -0.4 is 9.44 Å². The van der Waals surface area contributed by atoms with Crippen LogP contribution in [0.25, 0.3) is 0 Å². The molecule has 0 atom stereocenters. The first-order valence-corrected chi connectivity index (χ1v) is 8.86. The van der Waals surface area contributed by atoms with E-state index in [1.54, 1.807) is 13.0 Å². The van der Waals surface area contributed by atoms with Gasteiger partial charge in [0.15, 0.2) is 0 Å². The molecule has 0 saturated carbocycles. The summed E-state index contributed by atoms with van der Waals surface area (Å²) in [5, 5.41) is 0.339. The Morgan fingerprint density at radius 2 is 1.84 bits per heavy atom. The molecule has 0 saturated heterocycles. The second-order valence-electron chi connectivity index (χ2n) is 3.83. The van der Waals surface area contributed by atoms with Crippen LogP contribution in [0.2, 0.25) is 5.02 Å². The fourth-order valence-corrected chi connectivity index (χ4v) is 3.24. The third kappa shape index (κ3) is 4.73. The second-order valence-corrected chi connectivity index (χ2v) is 8.05. The normalized spacial score (nSPS) is 12.6. The zero-order valence-corrected chi connectivity index (χ0v) is 12.9. The largest absolute Gasteiger partial charge is 0.240 e. The van der Waals surface area contributed by atoms with Gasteiger partial charge in [0, 0.05) is 11.6 Å². The molecule has 0 aliphatic heterocycles. The van der Waals surface area contributed by atoms with Crippen LogP contribution >= 0.6 is 11.6 Å². The van der Waals surface area contributed by atoms with Crippen LogP contribution in [0.5, 0.6) is 0 Å². The summed E-state index contributed by atoms with van der Waals surface area (Å²) >= 11 is 5.85. The number of hydrogen-bond acceptors (Lipinski definition) is 4. The van der Waals surface area contributed by atoms with Gasteiger partial charge in [0.25, 0.3) is 0 Å². The molecular weight excluding hydrogens is 312 g/mol. The highest BCUT2D eigenvalue weighted by molar-refractivity contribution is 7.90. The maximum Gasteiger partial charge on any atom is 0.240 e. The van der Waals surface area contributed by atoms with Crippen LogP contribution in [0, 0.1) is 6.92 Å². The predicted molar refractivity (Wildman–Crippen MR) is 74.2 cm³/mol. The Morgan fingerprint density at radius 1 is 1.21 bits per heavy atom. The SMILES string of the molecule is CNS(=O)(=O)CCNS(=O)(=O)c1ccc(C)c(Cl)c1. The van der Waals surface area contributed by atoms with E-state index in [0.717, 1.165) is 5.56 Å². The standard InChI is InChI=1S/C10H15ClN2O4S2/c1-8-3-4-9(7-10(8)11)19(16,17)13-5-6-18(14,15)12-2/h3-4,7,12-13H,5-6H2,1-2H3. The fourth-order valence-electron chi connectivity index (χ4n) is 1.24. The number of aryl methyl sites for hydroxylation is 1. The summed E-state index contributed by atoms with van der Waals surface area (Å²) in [7, 11) is -5.93. The molecule has 0 spiro atoms. The number of sulfonamides is 2. The van der Waals surface area contributed by atoms with E-state index in [1.807, 2.05) is 0 Å². The fraction of sp³-hybridized carbons (Fsp3) is 0.400. The van der Waals surface area contributed by atoms with Gasteiger partial charge in [-0.05, 0) is 31.7 Å². The van der Waals surface area contributed by atoms with Crippen molar-refractivity contribution in [1.29, 1.82) is 0 Å². The Balaban J connectivity index is 2.79. The summed E-state index contributed by atoms with van der Waals surface area (Å²) in [4.78, 5) is 0.00459. The molecule has 0 fully saturated rings. The molecule has 0 aliphatic rings. The van der Waals surface area contributed by atoms with Crippen molar-refractivity contribution in [2.24, 2.45) is 0 Å². The molecule has 0 radical (unpaired) electrons. The van der Waals surface area contributed by atoms with Crippen molar-refractivity contribution in [2.75, 3.05) is 19.3 Å². The van der Waals surface area contributed by atoms with Crippen LogP contribution in [0.15, 0.2) is 23.1 Å². The van der Waals surface area contributed by atoms with E-state index in [0.29, 0.717) is 5.02 Å². The Kier molecular flexibility index (Phi) is 5.34. The van der Waals surface area contributed by atoms with Crippen molar-refractivity contribution < 1.29 is 16.8 Å². The molecule has 1 rings (SSSR count). The third-order valence-electron chi connectivity index (χ3n) is 2.43. The Labute approximate surface area is 118 Å². The maximum atomic E-state index is 11.9. The van der Waals surface area contributed by atoms with Crippen molar-refractivity contribution in [3.63, 3.8) is 0 Å². The highest BCUT2D eigenvalue weighted by atomic mass is 35.5. The van der Waals surface area contributed by atoms with Crippen molar-refractivity contribution >= 4 is 31.6 Å². The molecule has 108 valence electrons. The monoisotopic (exact) mass is 326 g/mol. The zero-order chi connectivity index (χ0) is 14.7. The summed E-state index contributed by atoms with van der Waals surface area (Å²) in [6.45, 7) is 1.54. The van der Waals surface area contributed by atoms with Crippen LogP contribution in [-0.4, -0.2) is 36.2 Å². The molecular formula is C10H15ClN2O4S2. The van der Waals surface area contributed by atoms with Gasteiger partial charge in [0.2, 0.25) is 20.0 Å². The Hall–Kier alpha value is -0.670. The number of rotatable bonds is 6. The van der Waals surface area contributed by atoms with Crippen molar-refractivity contribution in [1.82, 2.24) is 9.44 Å². The highest BCUT2D eigenvalue weighted by Gasteiger charge is 2.16. The topological polar surface area (TPSA) is 92.3 Å². The summed E-state index contributed by atoms with van der Waals surface area (Å²) in [5.74, 6) is -0.331. The van der Waals surface area contributed by atoms with Gasteiger partial charge in [-0.3, -0.25) is 0 Å². The highest BCUT2D eigenvalue weighted by Crippen LogP contribution is 2.19. The van der Waals surface area contributed by atoms with E-state index in [4.69, 9.17) is 11.6 Å². The minimum absolute atomic E-state index is 0.00459. The first-order chi connectivity index (χ1) is 8.68. The molecule has 0 heterocycles. The van der Waals surface area contributed by atoms with E-state index in [1.165, 1.54) is 19.2 Å². The molecule has 1 aromatic rings. The zero-order valence-electron chi connectivity index (χ0n) is 10.5. The van der Waals surface area contributed by atoms with Crippen LogP contribution in [0.4, 0.5) is 0 Å². The molecule has 0 unspecified atom stereocenters. The van der Waals surface area contributed by atoms with E-state index in [2.05, 4.69) is 9.44 Å². The first kappa shape index (κ1) is 16.4.